The number of ether oxygens (including phenoxy) is 1. The second kappa shape index (κ2) is 4.31. The smallest absolute Gasteiger partial charge is 0.217 e. The van der Waals surface area contributed by atoms with E-state index in [4.69, 9.17) is 4.74 Å². The fraction of sp³-hybridized carbons (Fsp3) is 0.0667. The third-order valence-electron chi connectivity index (χ3n) is 3.29. The van der Waals surface area contributed by atoms with E-state index in [-0.39, 0.29) is 0 Å². The molecule has 0 radical (unpaired) electrons. The van der Waals surface area contributed by atoms with E-state index >= 15 is 0 Å². The van der Waals surface area contributed by atoms with Crippen molar-refractivity contribution in [2.45, 2.75) is 0 Å². The molecule has 0 saturated carbocycles. The molecule has 5 heteroatoms. The number of hydrogen-bond acceptors (Lipinski definition) is 4. The van der Waals surface area contributed by atoms with Gasteiger partial charge in [-0.1, -0.05) is 23.5 Å². The van der Waals surface area contributed by atoms with Crippen molar-refractivity contribution in [3.63, 3.8) is 0 Å². The third-order valence-corrected chi connectivity index (χ3v) is 4.30. The van der Waals surface area contributed by atoms with Crippen LogP contribution in [0.4, 0.5) is 0 Å². The highest BCUT2D eigenvalue weighted by Gasteiger charge is 2.13. The Bertz CT molecular complexity index is 892. The lowest BCUT2D eigenvalue weighted by atomic mass is 10.2. The van der Waals surface area contributed by atoms with Crippen molar-refractivity contribution in [2.75, 3.05) is 7.11 Å². The van der Waals surface area contributed by atoms with Gasteiger partial charge in [-0.05, 0) is 36.4 Å². The molecule has 4 nitrogen and oxygen atoms in total. The van der Waals surface area contributed by atoms with E-state index in [0.29, 0.717) is 0 Å². The minimum absolute atomic E-state index is 0.838. The van der Waals surface area contributed by atoms with Crippen molar-refractivity contribution in [3.8, 4) is 17.1 Å². The minimum atomic E-state index is 0.838. The topological polar surface area (TPSA) is 39.4 Å². The van der Waals surface area contributed by atoms with Crippen LogP contribution in [0.1, 0.15) is 0 Å². The number of nitrogens with zero attached hydrogens (tertiary/aromatic N) is 3. The highest BCUT2D eigenvalue weighted by molar-refractivity contribution is 7.23. The van der Waals surface area contributed by atoms with E-state index < -0.39 is 0 Å². The van der Waals surface area contributed by atoms with Crippen molar-refractivity contribution in [3.05, 3.63) is 48.5 Å². The number of hydrogen-bond donors (Lipinski definition) is 0. The Morgan fingerprint density at radius 1 is 1.00 bits per heavy atom. The lowest BCUT2D eigenvalue weighted by Gasteiger charge is -2.02. The quantitative estimate of drug-likeness (QED) is 0.563. The molecule has 98 valence electrons. The van der Waals surface area contributed by atoms with Gasteiger partial charge in [0.1, 0.15) is 5.75 Å². The Hall–Kier alpha value is -2.40. The fourth-order valence-corrected chi connectivity index (χ4v) is 3.27. The largest absolute Gasteiger partial charge is 0.497 e. The average Bonchev–Trinajstić information content (AvgIpc) is 3.06. The van der Waals surface area contributed by atoms with Crippen molar-refractivity contribution in [1.82, 2.24) is 14.6 Å². The van der Waals surface area contributed by atoms with Gasteiger partial charge in [0, 0.05) is 5.56 Å². The van der Waals surface area contributed by atoms with Gasteiger partial charge in [0.05, 0.1) is 17.3 Å². The van der Waals surface area contributed by atoms with Gasteiger partial charge in [-0.25, -0.2) is 0 Å². The molecule has 4 aromatic rings. The average molecular weight is 281 g/mol. The molecule has 2 heterocycles. The van der Waals surface area contributed by atoms with Gasteiger partial charge < -0.3 is 4.74 Å². The summed E-state index contributed by atoms with van der Waals surface area (Å²) in [7, 11) is 1.66. The SMILES string of the molecule is COc1ccc(-c2nnc3sc4ccccc4n23)cc1. The van der Waals surface area contributed by atoms with Crippen LogP contribution in [0.15, 0.2) is 48.5 Å². The highest BCUT2D eigenvalue weighted by Crippen LogP contribution is 2.30. The van der Waals surface area contributed by atoms with Crippen molar-refractivity contribution < 1.29 is 4.74 Å². The summed E-state index contributed by atoms with van der Waals surface area (Å²) >= 11 is 1.65. The zero-order chi connectivity index (χ0) is 13.5. The zero-order valence-electron chi connectivity index (χ0n) is 10.8. The molecule has 4 rings (SSSR count). The summed E-state index contributed by atoms with van der Waals surface area (Å²) in [6.07, 6.45) is 0. The summed E-state index contributed by atoms with van der Waals surface area (Å²) in [6, 6.07) is 16.1. The normalized spacial score (nSPS) is 11.2. The van der Waals surface area contributed by atoms with Crippen LogP contribution in [-0.2, 0) is 0 Å². The Balaban J connectivity index is 1.98. The molecule has 0 amide bonds. The van der Waals surface area contributed by atoms with Gasteiger partial charge in [0.15, 0.2) is 5.82 Å². The Kier molecular flexibility index (Phi) is 2.47. The highest BCUT2D eigenvalue weighted by atomic mass is 32.1. The van der Waals surface area contributed by atoms with E-state index in [1.165, 1.54) is 4.70 Å². The Morgan fingerprint density at radius 3 is 2.60 bits per heavy atom. The van der Waals surface area contributed by atoms with E-state index in [2.05, 4.69) is 26.7 Å². The number of methoxy groups -OCH3 is 1. The monoisotopic (exact) mass is 281 g/mol. The zero-order valence-corrected chi connectivity index (χ0v) is 11.6. The van der Waals surface area contributed by atoms with Gasteiger partial charge in [-0.15, -0.1) is 10.2 Å². The number of fused-ring (bicyclic) bond motifs is 3. The van der Waals surface area contributed by atoms with Crippen LogP contribution in [-0.4, -0.2) is 21.7 Å². The number of aromatic nitrogens is 3. The maximum atomic E-state index is 5.19. The molecule has 0 aliphatic heterocycles. The first kappa shape index (κ1) is 11.4. The molecule has 2 aromatic carbocycles. The second-order valence-corrected chi connectivity index (χ2v) is 5.45. The van der Waals surface area contributed by atoms with Crippen LogP contribution in [0.5, 0.6) is 5.75 Å². The predicted molar refractivity (Wildman–Crippen MR) is 80.4 cm³/mol. The van der Waals surface area contributed by atoms with Crippen LogP contribution in [0.3, 0.4) is 0 Å². The predicted octanol–water partition coefficient (Wildman–Crippen LogP) is 3.62. The molecular formula is C15H11N3OS. The molecule has 0 bridgehead atoms. The summed E-state index contributed by atoms with van der Waals surface area (Å²) in [6.45, 7) is 0. The molecule has 0 aliphatic rings. The van der Waals surface area contributed by atoms with Crippen LogP contribution in [0.25, 0.3) is 26.6 Å². The van der Waals surface area contributed by atoms with Gasteiger partial charge in [-0.3, -0.25) is 4.40 Å². The number of benzene rings is 2. The first-order valence-electron chi connectivity index (χ1n) is 6.24. The summed E-state index contributed by atoms with van der Waals surface area (Å²) in [5, 5.41) is 8.59. The standard InChI is InChI=1S/C15H11N3OS/c1-19-11-8-6-10(7-9-11)14-16-17-15-18(14)12-4-2-3-5-13(12)20-15/h2-9H,1H3. The Morgan fingerprint density at radius 2 is 1.80 bits per heavy atom. The van der Waals surface area contributed by atoms with Crippen LogP contribution >= 0.6 is 11.3 Å². The van der Waals surface area contributed by atoms with Crippen LogP contribution < -0.4 is 4.74 Å². The van der Waals surface area contributed by atoms with E-state index in [1.807, 2.05) is 36.4 Å². The molecule has 2 aromatic heterocycles. The van der Waals surface area contributed by atoms with Crippen LogP contribution in [0, 0.1) is 0 Å². The van der Waals surface area contributed by atoms with Crippen molar-refractivity contribution >= 4 is 26.5 Å². The van der Waals surface area contributed by atoms with E-state index in [9.17, 15) is 0 Å². The minimum Gasteiger partial charge on any atom is -0.497 e. The summed E-state index contributed by atoms with van der Waals surface area (Å²) in [5.41, 5.74) is 2.17. The molecular weight excluding hydrogens is 270 g/mol. The van der Waals surface area contributed by atoms with Gasteiger partial charge in [-0.2, -0.15) is 0 Å². The molecule has 0 unspecified atom stereocenters. The number of rotatable bonds is 2. The lowest BCUT2D eigenvalue weighted by molar-refractivity contribution is 0.415. The molecule has 0 saturated heterocycles. The van der Waals surface area contributed by atoms with E-state index in [1.54, 1.807) is 18.4 Å². The summed E-state index contributed by atoms with van der Waals surface area (Å²) < 4.78 is 8.50. The van der Waals surface area contributed by atoms with E-state index in [0.717, 1.165) is 27.6 Å². The van der Waals surface area contributed by atoms with Crippen molar-refractivity contribution in [1.29, 1.82) is 0 Å². The lowest BCUT2D eigenvalue weighted by Crippen LogP contribution is -1.88. The van der Waals surface area contributed by atoms with Gasteiger partial charge in [0.25, 0.3) is 0 Å². The molecule has 0 atom stereocenters. The number of para-hydroxylation sites is 1. The first-order valence-corrected chi connectivity index (χ1v) is 7.05. The molecule has 0 N–H and O–H groups in total. The number of thiazole rings is 1. The first-order chi connectivity index (χ1) is 9.86. The van der Waals surface area contributed by atoms with Gasteiger partial charge in [0.2, 0.25) is 4.96 Å². The molecule has 0 aliphatic carbocycles. The Labute approximate surface area is 119 Å². The fourth-order valence-electron chi connectivity index (χ4n) is 2.31. The maximum Gasteiger partial charge on any atom is 0.217 e. The molecule has 0 fully saturated rings. The third kappa shape index (κ3) is 1.60. The summed E-state index contributed by atoms with van der Waals surface area (Å²) in [4.78, 5) is 0.914. The molecule has 20 heavy (non-hydrogen) atoms. The van der Waals surface area contributed by atoms with Gasteiger partial charge >= 0.3 is 0 Å². The second-order valence-electron chi connectivity index (χ2n) is 4.44. The van der Waals surface area contributed by atoms with Crippen LogP contribution in [0.2, 0.25) is 0 Å². The summed E-state index contributed by atoms with van der Waals surface area (Å²) in [5.74, 6) is 1.70. The van der Waals surface area contributed by atoms with Crippen molar-refractivity contribution in [2.24, 2.45) is 0 Å². The maximum absolute atomic E-state index is 5.19. The molecule has 0 spiro atoms.